The van der Waals surface area contributed by atoms with Crippen molar-refractivity contribution < 1.29 is 41.7 Å². The average Bonchev–Trinajstić information content (AvgIpc) is 2.74. The van der Waals surface area contributed by atoms with Crippen molar-refractivity contribution >= 4 is 38.2 Å². The molecule has 32 heavy (non-hydrogen) atoms. The molecule has 170 valence electrons. The molecule has 0 radical (unpaired) electrons. The largest absolute Gasteiger partial charge is 0.520 e. The summed E-state index contributed by atoms with van der Waals surface area (Å²) < 4.78 is 102. The van der Waals surface area contributed by atoms with E-state index in [0.717, 1.165) is 36.4 Å². The monoisotopic (exact) mass is 518 g/mol. The molecular formula is C18H15O10PS3. The van der Waals surface area contributed by atoms with Crippen LogP contribution in [-0.2, 0) is 46.8 Å². The summed E-state index contributed by atoms with van der Waals surface area (Å²) in [7, 11) is -20.8. The zero-order valence-corrected chi connectivity index (χ0v) is 19.3. The highest BCUT2D eigenvalue weighted by atomic mass is 32.3. The summed E-state index contributed by atoms with van der Waals surface area (Å²) in [4.78, 5) is -1.62. The van der Waals surface area contributed by atoms with E-state index in [9.17, 15) is 29.8 Å². The van der Waals surface area contributed by atoms with Gasteiger partial charge in [0.2, 0.25) is 0 Å². The summed E-state index contributed by atoms with van der Waals surface area (Å²) in [6, 6.07) is 18.6. The van der Waals surface area contributed by atoms with E-state index >= 15 is 0 Å². The van der Waals surface area contributed by atoms with E-state index < -0.39 is 52.9 Å². The van der Waals surface area contributed by atoms with Crippen LogP contribution in [0.3, 0.4) is 0 Å². The molecule has 0 aliphatic heterocycles. The van der Waals surface area contributed by atoms with Crippen LogP contribution in [0.2, 0.25) is 0 Å². The Morgan fingerprint density at radius 2 is 0.656 bits per heavy atom. The lowest BCUT2D eigenvalue weighted by molar-refractivity contribution is 0.303. The smallest absolute Gasteiger partial charge is 0.224 e. The van der Waals surface area contributed by atoms with Gasteiger partial charge in [0.05, 0.1) is 14.7 Å². The Labute approximate surface area is 185 Å². The standard InChI is InChI=1S/C18H15O10PS3/c19-29(26-30(20,21)16-10-4-1-5-11-16,27-31(22,23)17-12-6-2-7-13-17)28-32(24,25)18-14-8-3-9-15-18/h1-15H. The summed E-state index contributed by atoms with van der Waals surface area (Å²) in [5.41, 5.74) is 0. The number of rotatable bonds is 9. The Bertz CT molecular complexity index is 1260. The van der Waals surface area contributed by atoms with Crippen LogP contribution in [-0.4, -0.2) is 25.3 Å². The molecule has 0 aliphatic carbocycles. The molecule has 0 saturated carbocycles. The summed E-state index contributed by atoms with van der Waals surface area (Å²) >= 11 is 0. The van der Waals surface area contributed by atoms with E-state index in [4.69, 9.17) is 0 Å². The van der Waals surface area contributed by atoms with E-state index in [2.05, 4.69) is 11.9 Å². The van der Waals surface area contributed by atoms with Crippen molar-refractivity contribution in [1.29, 1.82) is 0 Å². The van der Waals surface area contributed by atoms with Crippen molar-refractivity contribution in [3.05, 3.63) is 91.0 Å². The molecule has 0 unspecified atom stereocenters. The van der Waals surface area contributed by atoms with Gasteiger partial charge in [-0.1, -0.05) is 54.6 Å². The Kier molecular flexibility index (Phi) is 7.00. The van der Waals surface area contributed by atoms with Crippen LogP contribution in [0.1, 0.15) is 0 Å². The molecule has 14 heteroatoms. The topological polar surface area (TPSA) is 147 Å². The molecule has 0 aliphatic rings. The molecule has 3 aromatic carbocycles. The first-order chi connectivity index (χ1) is 14.9. The fourth-order valence-electron chi connectivity index (χ4n) is 2.29. The highest BCUT2D eigenvalue weighted by molar-refractivity contribution is 7.97. The van der Waals surface area contributed by atoms with Crippen LogP contribution in [0.15, 0.2) is 106 Å². The van der Waals surface area contributed by atoms with Crippen molar-refractivity contribution in [2.75, 3.05) is 0 Å². The van der Waals surface area contributed by atoms with Gasteiger partial charge < -0.3 is 0 Å². The second-order valence-electron chi connectivity index (χ2n) is 5.97. The highest BCUT2D eigenvalue weighted by Gasteiger charge is 2.45. The Morgan fingerprint density at radius 3 is 0.875 bits per heavy atom. The second-order valence-corrected chi connectivity index (χ2v) is 12.8. The molecule has 0 bridgehead atoms. The number of benzene rings is 3. The first-order valence-electron chi connectivity index (χ1n) is 8.57. The van der Waals surface area contributed by atoms with Gasteiger partial charge in [-0.15, -0.1) is 0 Å². The SMILES string of the molecule is O=P(OS(=O)(=O)c1ccccc1)(OS(=O)(=O)c1ccccc1)OS(=O)(=O)c1ccccc1. The van der Waals surface area contributed by atoms with E-state index in [0.29, 0.717) is 0 Å². The fraction of sp³-hybridized carbons (Fsp3) is 0. The molecule has 0 atom stereocenters. The molecule has 0 fully saturated rings. The number of hydrogen-bond donors (Lipinski definition) is 0. The van der Waals surface area contributed by atoms with Gasteiger partial charge >= 0.3 is 38.2 Å². The summed E-state index contributed by atoms with van der Waals surface area (Å²) in [5, 5.41) is 0. The minimum atomic E-state index is -5.84. The Morgan fingerprint density at radius 1 is 0.438 bits per heavy atom. The summed E-state index contributed by atoms with van der Waals surface area (Å²) in [6.07, 6.45) is 0. The van der Waals surface area contributed by atoms with Gasteiger partial charge in [-0.2, -0.15) is 37.2 Å². The van der Waals surface area contributed by atoms with E-state index in [1.54, 1.807) is 0 Å². The van der Waals surface area contributed by atoms with E-state index in [1.165, 1.54) is 54.6 Å². The zero-order chi connectivity index (χ0) is 23.5. The highest BCUT2D eigenvalue weighted by Crippen LogP contribution is 2.56. The van der Waals surface area contributed by atoms with Crippen molar-refractivity contribution in [3.8, 4) is 0 Å². The molecule has 0 aromatic heterocycles. The number of hydrogen-bond acceptors (Lipinski definition) is 10. The van der Waals surface area contributed by atoms with Crippen molar-refractivity contribution in [3.63, 3.8) is 0 Å². The maximum atomic E-state index is 13.2. The lowest BCUT2D eigenvalue weighted by Crippen LogP contribution is -2.15. The van der Waals surface area contributed by atoms with Crippen LogP contribution in [0.4, 0.5) is 0 Å². The Hall–Kier alpha value is -2.38. The van der Waals surface area contributed by atoms with Crippen LogP contribution < -0.4 is 0 Å². The van der Waals surface area contributed by atoms with Crippen LogP contribution >= 0.6 is 7.82 Å². The number of phosphoric acid groups is 1. The summed E-state index contributed by atoms with van der Waals surface area (Å²) in [6.45, 7) is 0. The molecule has 0 spiro atoms. The second kappa shape index (κ2) is 9.24. The molecule has 0 heterocycles. The van der Waals surface area contributed by atoms with Crippen LogP contribution in [0.25, 0.3) is 0 Å². The van der Waals surface area contributed by atoms with E-state index in [-0.39, 0.29) is 0 Å². The predicted octanol–water partition coefficient (Wildman–Crippen LogP) is 3.31. The lowest BCUT2D eigenvalue weighted by atomic mass is 10.4. The third-order valence-electron chi connectivity index (χ3n) is 3.66. The molecule has 3 aromatic rings. The molecule has 0 saturated heterocycles. The summed E-state index contributed by atoms with van der Waals surface area (Å²) in [5.74, 6) is 0. The third-order valence-corrected chi connectivity index (χ3v) is 10.8. The molecule has 10 nitrogen and oxygen atoms in total. The predicted molar refractivity (Wildman–Crippen MR) is 112 cm³/mol. The minimum absolute atomic E-state index is 0.540. The van der Waals surface area contributed by atoms with Gasteiger partial charge in [0, 0.05) is 0 Å². The van der Waals surface area contributed by atoms with E-state index in [1.807, 2.05) is 0 Å². The van der Waals surface area contributed by atoms with Crippen LogP contribution in [0.5, 0.6) is 0 Å². The first-order valence-corrected chi connectivity index (χ1v) is 14.3. The van der Waals surface area contributed by atoms with Gasteiger partial charge in [-0.3, -0.25) is 0 Å². The first kappa shape index (κ1) is 24.3. The van der Waals surface area contributed by atoms with Crippen LogP contribution in [0, 0.1) is 0 Å². The van der Waals surface area contributed by atoms with Gasteiger partial charge in [-0.25, -0.2) is 4.57 Å². The van der Waals surface area contributed by atoms with Gasteiger partial charge in [-0.05, 0) is 36.4 Å². The van der Waals surface area contributed by atoms with Crippen molar-refractivity contribution in [1.82, 2.24) is 0 Å². The van der Waals surface area contributed by atoms with Gasteiger partial charge in [0.15, 0.2) is 0 Å². The van der Waals surface area contributed by atoms with Crippen molar-refractivity contribution in [2.45, 2.75) is 14.7 Å². The lowest BCUT2D eigenvalue weighted by Gasteiger charge is -2.17. The third kappa shape index (κ3) is 5.90. The maximum Gasteiger partial charge on any atom is 0.520 e. The minimum Gasteiger partial charge on any atom is -0.224 e. The fourth-order valence-corrected chi connectivity index (χ4v) is 8.65. The molecule has 0 N–H and O–H groups in total. The van der Waals surface area contributed by atoms with Gasteiger partial charge in [0.1, 0.15) is 0 Å². The van der Waals surface area contributed by atoms with Gasteiger partial charge in [0.25, 0.3) is 0 Å². The Balaban J connectivity index is 2.05. The molecule has 0 amide bonds. The quantitative estimate of drug-likeness (QED) is 0.386. The average molecular weight is 518 g/mol. The zero-order valence-electron chi connectivity index (χ0n) is 15.9. The normalized spacial score (nSPS) is 13.0. The maximum absolute atomic E-state index is 13.2. The molecular weight excluding hydrogens is 503 g/mol. The molecule has 3 rings (SSSR count). The van der Waals surface area contributed by atoms with Crippen molar-refractivity contribution in [2.24, 2.45) is 0 Å².